The molecule has 1 aromatic carbocycles. The monoisotopic (exact) mass is 252 g/mol. The normalized spacial score (nSPS) is 11.0. The SMILES string of the molecule is C#CCCCNS(=O)(=O)Cc1cccc(N)c1. The molecule has 0 radical (unpaired) electrons. The average Bonchev–Trinajstić information content (AvgIpc) is 2.24. The van der Waals surface area contributed by atoms with Gasteiger partial charge < -0.3 is 5.73 Å². The van der Waals surface area contributed by atoms with Crippen molar-refractivity contribution in [3.63, 3.8) is 0 Å². The van der Waals surface area contributed by atoms with Crippen LogP contribution in [0.2, 0.25) is 0 Å². The van der Waals surface area contributed by atoms with Crippen LogP contribution in [0.1, 0.15) is 18.4 Å². The van der Waals surface area contributed by atoms with Crippen LogP contribution >= 0.6 is 0 Å². The van der Waals surface area contributed by atoms with Crippen molar-refractivity contribution in [3.8, 4) is 12.3 Å². The van der Waals surface area contributed by atoms with Crippen molar-refractivity contribution >= 4 is 15.7 Å². The number of rotatable bonds is 6. The standard InChI is InChI=1S/C12H16N2O2S/c1-2-3-4-8-14-17(15,16)10-11-6-5-7-12(13)9-11/h1,5-7,9,14H,3-4,8,10,13H2. The molecule has 0 spiro atoms. The van der Waals surface area contributed by atoms with Gasteiger partial charge in [0, 0.05) is 18.7 Å². The zero-order chi connectivity index (χ0) is 12.7. The second-order valence-electron chi connectivity index (χ2n) is 3.71. The number of hydrogen-bond acceptors (Lipinski definition) is 3. The molecule has 0 bridgehead atoms. The third-order valence-corrected chi connectivity index (χ3v) is 3.48. The Kier molecular flexibility index (Phi) is 5.01. The van der Waals surface area contributed by atoms with Crippen LogP contribution in [-0.4, -0.2) is 15.0 Å². The van der Waals surface area contributed by atoms with E-state index in [2.05, 4.69) is 10.6 Å². The predicted molar refractivity (Wildman–Crippen MR) is 69.5 cm³/mol. The van der Waals surface area contributed by atoms with Crippen LogP contribution in [0.5, 0.6) is 0 Å². The maximum Gasteiger partial charge on any atom is 0.215 e. The Morgan fingerprint density at radius 2 is 2.18 bits per heavy atom. The lowest BCUT2D eigenvalue weighted by molar-refractivity contribution is 0.579. The zero-order valence-corrected chi connectivity index (χ0v) is 10.3. The van der Waals surface area contributed by atoms with Crippen molar-refractivity contribution in [3.05, 3.63) is 29.8 Å². The van der Waals surface area contributed by atoms with Crippen molar-refractivity contribution in [1.29, 1.82) is 0 Å². The Morgan fingerprint density at radius 3 is 2.82 bits per heavy atom. The first-order valence-corrected chi connectivity index (χ1v) is 6.94. The van der Waals surface area contributed by atoms with E-state index in [0.29, 0.717) is 30.6 Å². The van der Waals surface area contributed by atoms with E-state index in [1.807, 2.05) is 0 Å². The largest absolute Gasteiger partial charge is 0.399 e. The molecule has 0 aliphatic rings. The molecule has 5 heteroatoms. The number of unbranched alkanes of at least 4 members (excludes halogenated alkanes) is 1. The second kappa shape index (κ2) is 6.28. The van der Waals surface area contributed by atoms with Crippen molar-refractivity contribution in [1.82, 2.24) is 4.72 Å². The lowest BCUT2D eigenvalue weighted by atomic mass is 10.2. The summed E-state index contributed by atoms with van der Waals surface area (Å²) in [6.07, 6.45) is 6.29. The van der Waals surface area contributed by atoms with Gasteiger partial charge in [-0.2, -0.15) is 0 Å². The molecule has 0 atom stereocenters. The first-order chi connectivity index (χ1) is 8.03. The highest BCUT2D eigenvalue weighted by Gasteiger charge is 2.10. The van der Waals surface area contributed by atoms with E-state index in [4.69, 9.17) is 12.2 Å². The first kappa shape index (κ1) is 13.6. The van der Waals surface area contributed by atoms with Crippen LogP contribution in [0.25, 0.3) is 0 Å². The van der Waals surface area contributed by atoms with E-state index in [0.717, 1.165) is 0 Å². The highest BCUT2D eigenvalue weighted by atomic mass is 32.2. The molecular weight excluding hydrogens is 236 g/mol. The number of nitrogens with one attached hydrogen (secondary N) is 1. The van der Waals surface area contributed by atoms with E-state index < -0.39 is 10.0 Å². The van der Waals surface area contributed by atoms with Gasteiger partial charge in [-0.05, 0) is 24.1 Å². The summed E-state index contributed by atoms with van der Waals surface area (Å²) in [7, 11) is -3.31. The minimum Gasteiger partial charge on any atom is -0.399 e. The molecule has 4 nitrogen and oxygen atoms in total. The van der Waals surface area contributed by atoms with E-state index in [9.17, 15) is 8.42 Å². The van der Waals surface area contributed by atoms with Gasteiger partial charge in [0.1, 0.15) is 0 Å². The molecule has 92 valence electrons. The molecule has 0 aliphatic carbocycles. The van der Waals surface area contributed by atoms with Crippen LogP contribution < -0.4 is 10.5 Å². The number of hydrogen-bond donors (Lipinski definition) is 2. The van der Waals surface area contributed by atoms with Gasteiger partial charge in [0.2, 0.25) is 10.0 Å². The fourth-order valence-electron chi connectivity index (χ4n) is 1.37. The smallest absolute Gasteiger partial charge is 0.215 e. The molecule has 1 aromatic rings. The molecule has 0 unspecified atom stereocenters. The molecule has 0 saturated carbocycles. The lowest BCUT2D eigenvalue weighted by Gasteiger charge is -2.06. The third-order valence-electron chi connectivity index (χ3n) is 2.13. The lowest BCUT2D eigenvalue weighted by Crippen LogP contribution is -2.26. The molecule has 1 rings (SSSR count). The average molecular weight is 252 g/mol. The number of terminal acetylenes is 1. The molecule has 0 saturated heterocycles. The van der Waals surface area contributed by atoms with Crippen LogP contribution in [0.3, 0.4) is 0 Å². The topological polar surface area (TPSA) is 72.2 Å². The van der Waals surface area contributed by atoms with E-state index in [1.54, 1.807) is 24.3 Å². The van der Waals surface area contributed by atoms with Crippen LogP contribution in [-0.2, 0) is 15.8 Å². The van der Waals surface area contributed by atoms with Gasteiger partial charge in [0.05, 0.1) is 5.75 Å². The Bertz CT molecular complexity index is 503. The molecular formula is C12H16N2O2S. The molecule has 0 amide bonds. The van der Waals surface area contributed by atoms with Gasteiger partial charge in [0.25, 0.3) is 0 Å². The molecule has 3 N–H and O–H groups in total. The number of benzene rings is 1. The van der Waals surface area contributed by atoms with Gasteiger partial charge in [-0.15, -0.1) is 12.3 Å². The van der Waals surface area contributed by atoms with Crippen molar-refractivity contribution in [2.75, 3.05) is 12.3 Å². The highest BCUT2D eigenvalue weighted by molar-refractivity contribution is 7.88. The molecule has 0 aliphatic heterocycles. The van der Waals surface area contributed by atoms with Gasteiger partial charge in [-0.3, -0.25) is 0 Å². The summed E-state index contributed by atoms with van der Waals surface area (Å²) >= 11 is 0. The Balaban J connectivity index is 2.52. The van der Waals surface area contributed by atoms with Crippen molar-refractivity contribution in [2.24, 2.45) is 0 Å². The molecule has 0 fully saturated rings. The van der Waals surface area contributed by atoms with Crippen LogP contribution in [0.15, 0.2) is 24.3 Å². The van der Waals surface area contributed by atoms with Gasteiger partial charge in [-0.1, -0.05) is 12.1 Å². The van der Waals surface area contributed by atoms with Crippen molar-refractivity contribution < 1.29 is 8.42 Å². The number of nitrogen functional groups attached to an aromatic ring is 1. The Morgan fingerprint density at radius 1 is 1.41 bits per heavy atom. The van der Waals surface area contributed by atoms with Gasteiger partial charge in [-0.25, -0.2) is 13.1 Å². The fourth-order valence-corrected chi connectivity index (χ4v) is 2.55. The second-order valence-corrected chi connectivity index (χ2v) is 5.51. The van der Waals surface area contributed by atoms with Gasteiger partial charge in [0.15, 0.2) is 0 Å². The van der Waals surface area contributed by atoms with Crippen LogP contribution in [0.4, 0.5) is 5.69 Å². The third kappa shape index (κ3) is 5.38. The van der Waals surface area contributed by atoms with E-state index in [1.165, 1.54) is 0 Å². The summed E-state index contributed by atoms with van der Waals surface area (Å²) in [6.45, 7) is 0.370. The maximum absolute atomic E-state index is 11.7. The highest BCUT2D eigenvalue weighted by Crippen LogP contribution is 2.09. The minimum atomic E-state index is -3.31. The van der Waals surface area contributed by atoms with Crippen molar-refractivity contribution in [2.45, 2.75) is 18.6 Å². The van der Waals surface area contributed by atoms with Gasteiger partial charge >= 0.3 is 0 Å². The summed E-state index contributed by atoms with van der Waals surface area (Å²) in [5.74, 6) is 2.40. The minimum absolute atomic E-state index is 0.0614. The van der Waals surface area contributed by atoms with Crippen LogP contribution in [0, 0.1) is 12.3 Å². The molecule has 0 heterocycles. The molecule has 0 aromatic heterocycles. The first-order valence-electron chi connectivity index (χ1n) is 5.29. The summed E-state index contributed by atoms with van der Waals surface area (Å²) in [5, 5.41) is 0. The fraction of sp³-hybridized carbons (Fsp3) is 0.333. The summed E-state index contributed by atoms with van der Waals surface area (Å²) < 4.78 is 25.8. The summed E-state index contributed by atoms with van der Waals surface area (Å²) in [4.78, 5) is 0. The van der Waals surface area contributed by atoms with E-state index >= 15 is 0 Å². The maximum atomic E-state index is 11.7. The predicted octanol–water partition coefficient (Wildman–Crippen LogP) is 1.10. The Hall–Kier alpha value is -1.51. The van der Waals surface area contributed by atoms with E-state index in [-0.39, 0.29) is 5.75 Å². The summed E-state index contributed by atoms with van der Waals surface area (Å²) in [6, 6.07) is 6.84. The number of anilines is 1. The number of nitrogens with two attached hydrogens (primary N) is 1. The zero-order valence-electron chi connectivity index (χ0n) is 9.52. The molecule has 17 heavy (non-hydrogen) atoms. The summed E-state index contributed by atoms with van der Waals surface area (Å²) in [5.41, 5.74) is 6.82. The quantitative estimate of drug-likeness (QED) is 0.452. The Labute approximate surface area is 102 Å². The number of sulfonamides is 1.